The first kappa shape index (κ1) is 19.9. The molecule has 0 amide bonds. The predicted molar refractivity (Wildman–Crippen MR) is 106 cm³/mol. The number of allylic oxidation sites excluding steroid dienone is 1. The van der Waals surface area contributed by atoms with Gasteiger partial charge in [-0.2, -0.15) is 0 Å². The lowest BCUT2D eigenvalue weighted by atomic mass is 10.1. The molecule has 1 N–H and O–H groups in total. The fraction of sp³-hybridized carbons (Fsp3) is 0.429. The van der Waals surface area contributed by atoms with Gasteiger partial charge in [0.2, 0.25) is 5.43 Å². The first-order chi connectivity index (χ1) is 12.6. The van der Waals surface area contributed by atoms with Crippen molar-refractivity contribution < 1.29 is 9.53 Å². The van der Waals surface area contributed by atoms with Gasteiger partial charge in [-0.3, -0.25) is 4.79 Å². The van der Waals surface area contributed by atoms with Crippen LogP contribution in [0.25, 0.3) is 10.9 Å². The van der Waals surface area contributed by atoms with Gasteiger partial charge in [-0.15, -0.1) is 6.58 Å². The van der Waals surface area contributed by atoms with Crippen LogP contribution in [0.15, 0.2) is 41.8 Å². The summed E-state index contributed by atoms with van der Waals surface area (Å²) >= 11 is 0. The topological polar surface area (TPSA) is 62.4 Å². The van der Waals surface area contributed by atoms with E-state index in [0.717, 1.165) is 5.56 Å². The van der Waals surface area contributed by atoms with E-state index in [0.29, 0.717) is 17.3 Å². The van der Waals surface area contributed by atoms with Crippen molar-refractivity contribution in [1.29, 1.82) is 0 Å². The molecule has 1 fully saturated rings. The maximum Gasteiger partial charge on any atom is 0.343 e. The molecule has 1 aliphatic rings. The van der Waals surface area contributed by atoms with Crippen molar-refractivity contribution in [1.82, 2.24) is 9.88 Å². The van der Waals surface area contributed by atoms with Gasteiger partial charge in [0.1, 0.15) is 5.56 Å². The van der Waals surface area contributed by atoms with Gasteiger partial charge in [-0.1, -0.05) is 19.1 Å². The van der Waals surface area contributed by atoms with E-state index in [2.05, 4.69) is 23.4 Å². The second kappa shape index (κ2) is 9.92. The lowest BCUT2D eigenvalue weighted by Crippen LogP contribution is -2.18. The van der Waals surface area contributed by atoms with Crippen LogP contribution in [0.2, 0.25) is 0 Å². The molecule has 2 aromatic rings. The highest BCUT2D eigenvalue weighted by molar-refractivity contribution is 5.93. The van der Waals surface area contributed by atoms with E-state index in [-0.39, 0.29) is 17.6 Å². The molecular weight excluding hydrogens is 328 g/mol. The Morgan fingerprint density at radius 1 is 1.31 bits per heavy atom. The van der Waals surface area contributed by atoms with Crippen LogP contribution >= 0.6 is 0 Å². The summed E-state index contributed by atoms with van der Waals surface area (Å²) in [5.41, 5.74) is 1.41. The van der Waals surface area contributed by atoms with Crippen LogP contribution < -0.4 is 5.43 Å². The molecule has 0 radical (unpaired) electrons. The van der Waals surface area contributed by atoms with Crippen molar-refractivity contribution in [2.75, 3.05) is 26.2 Å². The first-order valence-corrected chi connectivity index (χ1v) is 9.25. The Morgan fingerprint density at radius 3 is 2.62 bits per heavy atom. The van der Waals surface area contributed by atoms with Gasteiger partial charge in [0.15, 0.2) is 0 Å². The fourth-order valence-electron chi connectivity index (χ4n) is 3.02. The molecule has 5 nitrogen and oxygen atoms in total. The summed E-state index contributed by atoms with van der Waals surface area (Å²) in [5, 5.41) is 0.491. The SMILES string of the molecule is C=CCc1ccc2[nH]cc(C(=O)OCC)c(=O)c2c1.CCN1CCCC1. The Labute approximate surface area is 154 Å². The van der Waals surface area contributed by atoms with Crippen LogP contribution in [-0.2, 0) is 11.2 Å². The van der Waals surface area contributed by atoms with E-state index in [1.54, 1.807) is 19.1 Å². The molecule has 1 aliphatic heterocycles. The second-order valence-electron chi connectivity index (χ2n) is 6.27. The monoisotopic (exact) mass is 356 g/mol. The lowest BCUT2D eigenvalue weighted by molar-refractivity contribution is 0.0524. The van der Waals surface area contributed by atoms with E-state index >= 15 is 0 Å². The number of likely N-dealkylation sites (tertiary alicyclic amines) is 1. The van der Waals surface area contributed by atoms with Crippen LogP contribution in [0, 0.1) is 0 Å². The van der Waals surface area contributed by atoms with Crippen molar-refractivity contribution in [3.63, 3.8) is 0 Å². The van der Waals surface area contributed by atoms with Crippen molar-refractivity contribution in [2.24, 2.45) is 0 Å². The van der Waals surface area contributed by atoms with Crippen LogP contribution in [0.5, 0.6) is 0 Å². The maximum absolute atomic E-state index is 12.3. The molecule has 3 rings (SSSR count). The number of aromatic nitrogens is 1. The Bertz CT molecular complexity index is 804. The molecule has 0 saturated carbocycles. The number of fused-ring (bicyclic) bond motifs is 1. The molecule has 5 heteroatoms. The summed E-state index contributed by atoms with van der Waals surface area (Å²) in [4.78, 5) is 29.3. The quantitative estimate of drug-likeness (QED) is 0.657. The molecular formula is C21H28N2O3. The maximum atomic E-state index is 12.3. The second-order valence-corrected chi connectivity index (χ2v) is 6.27. The Morgan fingerprint density at radius 2 is 2.04 bits per heavy atom. The number of nitrogens with one attached hydrogen (secondary N) is 1. The fourth-order valence-corrected chi connectivity index (χ4v) is 3.02. The molecule has 2 heterocycles. The number of aromatic amines is 1. The third kappa shape index (κ3) is 5.05. The van der Waals surface area contributed by atoms with Gasteiger partial charge in [0.05, 0.1) is 6.61 Å². The third-order valence-corrected chi connectivity index (χ3v) is 4.47. The normalized spacial score (nSPS) is 13.9. The number of rotatable bonds is 5. The third-order valence-electron chi connectivity index (χ3n) is 4.47. The number of carbonyl (C=O) groups is 1. The van der Waals surface area contributed by atoms with Crippen LogP contribution in [0.4, 0.5) is 0 Å². The van der Waals surface area contributed by atoms with Gasteiger partial charge in [0.25, 0.3) is 0 Å². The van der Waals surface area contributed by atoms with E-state index < -0.39 is 5.97 Å². The number of hydrogen-bond donors (Lipinski definition) is 1. The average molecular weight is 356 g/mol. The van der Waals surface area contributed by atoms with E-state index in [1.165, 1.54) is 38.7 Å². The zero-order valence-corrected chi connectivity index (χ0v) is 15.7. The minimum Gasteiger partial charge on any atom is -0.462 e. The summed E-state index contributed by atoms with van der Waals surface area (Å²) in [7, 11) is 0. The lowest BCUT2D eigenvalue weighted by Gasteiger charge is -2.08. The van der Waals surface area contributed by atoms with Gasteiger partial charge in [-0.05, 0) is 63.5 Å². The molecule has 140 valence electrons. The molecule has 0 unspecified atom stereocenters. The van der Waals surface area contributed by atoms with Gasteiger partial charge in [0, 0.05) is 17.1 Å². The highest BCUT2D eigenvalue weighted by Crippen LogP contribution is 2.12. The summed E-state index contributed by atoms with van der Waals surface area (Å²) in [6.45, 7) is 11.8. The number of benzene rings is 1. The van der Waals surface area contributed by atoms with Crippen molar-refractivity contribution in [2.45, 2.75) is 33.1 Å². The first-order valence-electron chi connectivity index (χ1n) is 9.25. The van der Waals surface area contributed by atoms with Crippen LogP contribution in [0.1, 0.15) is 42.6 Å². The highest BCUT2D eigenvalue weighted by Gasteiger charge is 2.13. The molecule has 0 atom stereocenters. The summed E-state index contributed by atoms with van der Waals surface area (Å²) in [5.74, 6) is -0.597. The molecule has 1 aromatic heterocycles. The summed E-state index contributed by atoms with van der Waals surface area (Å²) in [6.07, 6.45) is 6.70. The standard InChI is InChI=1S/C15H15NO3.C6H13N/c1-3-5-10-6-7-13-11(8-10)14(17)12(9-16-13)15(18)19-4-2;1-2-7-5-3-4-6-7/h3,6-9H,1,4-5H2,2H3,(H,16,17);2-6H2,1H3. The Balaban J connectivity index is 0.000000290. The summed E-state index contributed by atoms with van der Waals surface area (Å²) in [6, 6.07) is 5.52. The van der Waals surface area contributed by atoms with Crippen molar-refractivity contribution in [3.05, 3.63) is 58.4 Å². The number of pyridine rings is 1. The molecule has 1 aromatic carbocycles. The number of carbonyl (C=O) groups excluding carboxylic acids is 1. The van der Waals surface area contributed by atoms with Gasteiger partial charge < -0.3 is 14.6 Å². The Kier molecular flexibility index (Phi) is 7.60. The van der Waals surface area contributed by atoms with Gasteiger partial charge >= 0.3 is 5.97 Å². The van der Waals surface area contributed by atoms with E-state index in [4.69, 9.17) is 4.74 Å². The van der Waals surface area contributed by atoms with Gasteiger partial charge in [-0.25, -0.2) is 4.79 Å². The van der Waals surface area contributed by atoms with Crippen LogP contribution in [-0.4, -0.2) is 42.1 Å². The Hall–Kier alpha value is -2.40. The molecule has 1 saturated heterocycles. The molecule has 0 spiro atoms. The zero-order chi connectivity index (χ0) is 18.9. The number of esters is 1. The number of hydrogen-bond acceptors (Lipinski definition) is 4. The van der Waals surface area contributed by atoms with E-state index in [9.17, 15) is 9.59 Å². The number of ether oxygens (including phenoxy) is 1. The smallest absolute Gasteiger partial charge is 0.343 e. The summed E-state index contributed by atoms with van der Waals surface area (Å²) < 4.78 is 4.86. The van der Waals surface area contributed by atoms with Crippen LogP contribution in [0.3, 0.4) is 0 Å². The average Bonchev–Trinajstić information content (AvgIpc) is 3.17. The number of nitrogens with zero attached hydrogens (tertiary/aromatic N) is 1. The minimum atomic E-state index is -0.597. The highest BCUT2D eigenvalue weighted by atomic mass is 16.5. The molecule has 0 aliphatic carbocycles. The molecule has 0 bridgehead atoms. The predicted octanol–water partition coefficient (Wildman–Crippen LogP) is 3.54. The van der Waals surface area contributed by atoms with Crippen molar-refractivity contribution >= 4 is 16.9 Å². The zero-order valence-electron chi connectivity index (χ0n) is 15.7. The molecule has 26 heavy (non-hydrogen) atoms. The minimum absolute atomic E-state index is 0.0325. The number of H-pyrrole nitrogens is 1. The van der Waals surface area contributed by atoms with Crippen molar-refractivity contribution in [3.8, 4) is 0 Å². The largest absolute Gasteiger partial charge is 0.462 e. The van der Waals surface area contributed by atoms with E-state index in [1.807, 2.05) is 12.1 Å².